The predicted octanol–water partition coefficient (Wildman–Crippen LogP) is 3.39. The summed E-state index contributed by atoms with van der Waals surface area (Å²) in [6.45, 7) is -0.796. The lowest BCUT2D eigenvalue weighted by Crippen LogP contribution is -2.29. The number of anilines is 1. The number of nitrogens with zero attached hydrogens (tertiary/aromatic N) is 2. The van der Waals surface area contributed by atoms with Gasteiger partial charge in [0.1, 0.15) is 0 Å². The molecule has 0 saturated heterocycles. The Labute approximate surface area is 159 Å². The Hall–Kier alpha value is -3.68. The van der Waals surface area contributed by atoms with Crippen LogP contribution in [0.25, 0.3) is 11.3 Å². The molecule has 2 aromatic heterocycles. The Balaban J connectivity index is 2.02. The van der Waals surface area contributed by atoms with Gasteiger partial charge >= 0.3 is 0 Å². The Kier molecular flexibility index (Phi) is 6.01. The first-order valence-electron chi connectivity index (χ1n) is 8.38. The van der Waals surface area contributed by atoms with E-state index in [-0.39, 0.29) is 11.3 Å². The zero-order valence-corrected chi connectivity index (χ0v) is 14.6. The highest BCUT2D eigenvalue weighted by Crippen LogP contribution is 2.29. The lowest BCUT2D eigenvalue weighted by molar-refractivity contribution is 0.0892. The highest BCUT2D eigenvalue weighted by Gasteiger charge is 2.20. The van der Waals surface area contributed by atoms with Gasteiger partial charge in [0.25, 0.3) is 18.2 Å². The third-order valence-corrected chi connectivity index (χ3v) is 3.82. The number of rotatable bonds is 6. The Bertz CT molecular complexity index is 966. The molecule has 8 heteroatoms. The highest BCUT2D eigenvalue weighted by atomic mass is 19.3. The molecule has 2 amide bonds. The maximum atomic E-state index is 12.6. The summed E-state index contributed by atoms with van der Waals surface area (Å²) in [7, 11) is 0. The van der Waals surface area contributed by atoms with E-state index >= 15 is 0 Å². The van der Waals surface area contributed by atoms with Gasteiger partial charge in [-0.3, -0.25) is 19.6 Å². The Morgan fingerprint density at radius 1 is 0.964 bits per heavy atom. The van der Waals surface area contributed by atoms with Crippen LogP contribution in [0.1, 0.15) is 20.7 Å². The number of aromatic nitrogens is 2. The Morgan fingerprint density at radius 3 is 2.43 bits per heavy atom. The number of amides is 2. The summed E-state index contributed by atoms with van der Waals surface area (Å²) in [6, 6.07) is 13.2. The quantitative estimate of drug-likeness (QED) is 0.685. The largest absolute Gasteiger partial charge is 0.346 e. The number of hydrogen-bond donors (Lipinski definition) is 2. The molecular formula is C20H16F2N4O2. The lowest BCUT2D eigenvalue weighted by Gasteiger charge is -2.15. The molecule has 3 aromatic rings. The lowest BCUT2D eigenvalue weighted by atomic mass is 10.1. The van der Waals surface area contributed by atoms with E-state index in [1.807, 2.05) is 0 Å². The first-order chi connectivity index (χ1) is 13.6. The van der Waals surface area contributed by atoms with Crippen molar-refractivity contribution in [2.24, 2.45) is 0 Å². The molecule has 0 saturated carbocycles. The standard InChI is InChI=1S/C20H16F2N4O2/c21-16(22)12-25-20(28)15-8-10-24-17(14-7-4-9-23-11-14)18(15)26-19(27)13-5-2-1-3-6-13/h1-11,16H,12H2,(H,25,28)(H,26,27). The van der Waals surface area contributed by atoms with Crippen molar-refractivity contribution < 1.29 is 18.4 Å². The number of alkyl halides is 2. The molecule has 6 nitrogen and oxygen atoms in total. The minimum atomic E-state index is -2.69. The topological polar surface area (TPSA) is 84.0 Å². The van der Waals surface area contributed by atoms with Crippen LogP contribution in [0, 0.1) is 0 Å². The Morgan fingerprint density at radius 2 is 1.75 bits per heavy atom. The third-order valence-electron chi connectivity index (χ3n) is 3.82. The minimum absolute atomic E-state index is 0.0267. The second-order valence-corrected chi connectivity index (χ2v) is 5.75. The number of hydrogen-bond acceptors (Lipinski definition) is 4. The fourth-order valence-corrected chi connectivity index (χ4v) is 2.54. The minimum Gasteiger partial charge on any atom is -0.346 e. The van der Waals surface area contributed by atoms with Gasteiger partial charge in [0, 0.05) is 29.7 Å². The maximum absolute atomic E-state index is 12.6. The van der Waals surface area contributed by atoms with E-state index in [1.54, 1.807) is 48.7 Å². The smallest absolute Gasteiger partial charge is 0.255 e. The molecule has 0 aliphatic rings. The molecule has 0 fully saturated rings. The molecule has 0 unspecified atom stereocenters. The fraction of sp³-hybridized carbons (Fsp3) is 0.100. The van der Waals surface area contributed by atoms with Gasteiger partial charge in [0.15, 0.2) is 0 Å². The summed E-state index contributed by atoms with van der Waals surface area (Å²) in [5.41, 5.74) is 1.40. The van der Waals surface area contributed by atoms with Crippen molar-refractivity contribution in [3.8, 4) is 11.3 Å². The van der Waals surface area contributed by atoms with Crippen LogP contribution in [0.2, 0.25) is 0 Å². The molecule has 0 bridgehead atoms. The van der Waals surface area contributed by atoms with Crippen LogP contribution in [-0.2, 0) is 0 Å². The van der Waals surface area contributed by atoms with Crippen LogP contribution >= 0.6 is 0 Å². The molecule has 28 heavy (non-hydrogen) atoms. The normalized spacial score (nSPS) is 10.5. The van der Waals surface area contributed by atoms with Gasteiger partial charge in [-0.05, 0) is 30.3 Å². The summed E-state index contributed by atoms with van der Waals surface area (Å²) in [6.07, 6.45) is 1.79. The molecule has 0 atom stereocenters. The maximum Gasteiger partial charge on any atom is 0.255 e. The number of carbonyl (C=O) groups excluding carboxylic acids is 2. The second kappa shape index (κ2) is 8.81. The SMILES string of the molecule is O=C(Nc1c(C(=O)NCC(F)F)ccnc1-c1cccnc1)c1ccccc1. The highest BCUT2D eigenvalue weighted by molar-refractivity contribution is 6.11. The van der Waals surface area contributed by atoms with E-state index in [0.717, 1.165) is 0 Å². The van der Waals surface area contributed by atoms with Crippen LogP contribution in [0.15, 0.2) is 67.1 Å². The van der Waals surface area contributed by atoms with Crippen LogP contribution in [0.5, 0.6) is 0 Å². The van der Waals surface area contributed by atoms with E-state index in [1.165, 1.54) is 18.5 Å². The molecule has 0 aliphatic carbocycles. The summed E-state index contributed by atoms with van der Waals surface area (Å²) < 4.78 is 25.0. The van der Waals surface area contributed by atoms with Gasteiger partial charge in [0.05, 0.1) is 23.5 Å². The van der Waals surface area contributed by atoms with Gasteiger partial charge in [-0.1, -0.05) is 18.2 Å². The number of carbonyl (C=O) groups is 2. The molecule has 0 radical (unpaired) electrons. The number of pyridine rings is 2. The molecule has 0 spiro atoms. The summed E-state index contributed by atoms with van der Waals surface area (Å²) >= 11 is 0. The van der Waals surface area contributed by atoms with Gasteiger partial charge in [-0.2, -0.15) is 0 Å². The van der Waals surface area contributed by atoms with Crippen molar-refractivity contribution in [1.29, 1.82) is 0 Å². The number of benzene rings is 1. The zero-order valence-electron chi connectivity index (χ0n) is 14.6. The molecule has 142 valence electrons. The fourth-order valence-electron chi connectivity index (χ4n) is 2.54. The first-order valence-corrected chi connectivity index (χ1v) is 8.38. The average Bonchev–Trinajstić information content (AvgIpc) is 2.73. The van der Waals surface area contributed by atoms with E-state index in [0.29, 0.717) is 16.8 Å². The van der Waals surface area contributed by atoms with E-state index in [9.17, 15) is 18.4 Å². The van der Waals surface area contributed by atoms with Crippen molar-refractivity contribution >= 4 is 17.5 Å². The van der Waals surface area contributed by atoms with Gasteiger partial charge in [0.2, 0.25) is 0 Å². The van der Waals surface area contributed by atoms with Crippen molar-refractivity contribution in [1.82, 2.24) is 15.3 Å². The van der Waals surface area contributed by atoms with Crippen LogP contribution < -0.4 is 10.6 Å². The number of nitrogens with one attached hydrogen (secondary N) is 2. The molecular weight excluding hydrogens is 366 g/mol. The van der Waals surface area contributed by atoms with Gasteiger partial charge in [-0.15, -0.1) is 0 Å². The van der Waals surface area contributed by atoms with E-state index in [4.69, 9.17) is 0 Å². The van der Waals surface area contributed by atoms with Crippen molar-refractivity contribution in [2.45, 2.75) is 6.43 Å². The average molecular weight is 382 g/mol. The second-order valence-electron chi connectivity index (χ2n) is 5.75. The summed E-state index contributed by atoms with van der Waals surface area (Å²) in [5, 5.41) is 4.83. The van der Waals surface area contributed by atoms with Gasteiger partial charge < -0.3 is 10.6 Å². The monoisotopic (exact) mass is 382 g/mol. The van der Waals surface area contributed by atoms with E-state index < -0.39 is 24.8 Å². The van der Waals surface area contributed by atoms with Crippen LogP contribution in [0.3, 0.4) is 0 Å². The molecule has 0 aliphatic heterocycles. The molecule has 2 N–H and O–H groups in total. The summed E-state index contributed by atoms with van der Waals surface area (Å²) in [4.78, 5) is 33.3. The van der Waals surface area contributed by atoms with Crippen molar-refractivity contribution in [2.75, 3.05) is 11.9 Å². The van der Waals surface area contributed by atoms with E-state index in [2.05, 4.69) is 20.6 Å². The molecule has 2 heterocycles. The zero-order chi connectivity index (χ0) is 19.9. The van der Waals surface area contributed by atoms with Gasteiger partial charge in [-0.25, -0.2) is 8.78 Å². The van der Waals surface area contributed by atoms with Crippen LogP contribution in [-0.4, -0.2) is 34.8 Å². The number of halogens is 2. The first kappa shape index (κ1) is 19.1. The summed E-state index contributed by atoms with van der Waals surface area (Å²) in [5.74, 6) is -1.20. The third kappa shape index (κ3) is 4.53. The van der Waals surface area contributed by atoms with Crippen molar-refractivity contribution in [3.05, 3.63) is 78.2 Å². The molecule has 1 aromatic carbocycles. The van der Waals surface area contributed by atoms with Crippen LogP contribution in [0.4, 0.5) is 14.5 Å². The predicted molar refractivity (Wildman–Crippen MR) is 100 cm³/mol. The molecule has 3 rings (SSSR count). The van der Waals surface area contributed by atoms with Crippen molar-refractivity contribution in [3.63, 3.8) is 0 Å².